The van der Waals surface area contributed by atoms with Gasteiger partial charge in [-0.05, 0) is 25.2 Å². The Morgan fingerprint density at radius 1 is 0.929 bits per heavy atom. The summed E-state index contributed by atoms with van der Waals surface area (Å²) >= 11 is 0. The van der Waals surface area contributed by atoms with Gasteiger partial charge in [-0.15, -0.1) is 0 Å². The molecule has 14 heavy (non-hydrogen) atoms. The first-order valence-electron chi connectivity index (χ1n) is 6.24. The van der Waals surface area contributed by atoms with Crippen LogP contribution in [0, 0.1) is 0 Å². The van der Waals surface area contributed by atoms with Crippen LogP contribution in [-0.4, -0.2) is 33.6 Å². The minimum absolute atomic E-state index is 0.609. The molecule has 1 N–H and O–H groups in total. The van der Waals surface area contributed by atoms with Crippen molar-refractivity contribution >= 4 is 8.96 Å². The Balaban J connectivity index is 3.67. The van der Waals surface area contributed by atoms with Crippen LogP contribution in [0.15, 0.2) is 0 Å². The van der Waals surface area contributed by atoms with E-state index >= 15 is 0 Å². The molecule has 0 amide bonds. The highest BCUT2D eigenvalue weighted by atomic mass is 28.3. The van der Waals surface area contributed by atoms with Crippen LogP contribution in [-0.2, 0) is 0 Å². The predicted octanol–water partition coefficient (Wildman–Crippen LogP) is 2.42. The molecule has 0 aromatic carbocycles. The summed E-state index contributed by atoms with van der Waals surface area (Å²) in [5.41, 5.74) is 0. The Morgan fingerprint density at radius 3 is 1.79 bits per heavy atom. The van der Waals surface area contributed by atoms with E-state index < -0.39 is 8.96 Å². The van der Waals surface area contributed by atoms with E-state index in [-0.39, 0.29) is 0 Å². The third-order valence-corrected chi connectivity index (χ3v) is 6.08. The lowest BCUT2D eigenvalue weighted by Gasteiger charge is -2.23. The fourth-order valence-corrected chi connectivity index (χ4v) is 4.36. The van der Waals surface area contributed by atoms with E-state index in [0.717, 1.165) is 6.67 Å². The SMILES string of the molecule is CCC[SiH](CCC)NCN(CC)CC. The van der Waals surface area contributed by atoms with Crippen molar-refractivity contribution in [2.45, 2.75) is 52.6 Å². The van der Waals surface area contributed by atoms with Crippen LogP contribution in [0.3, 0.4) is 0 Å². The molecule has 0 saturated carbocycles. The molecule has 0 bridgehead atoms. The van der Waals surface area contributed by atoms with Gasteiger partial charge in [0.2, 0.25) is 0 Å². The van der Waals surface area contributed by atoms with Gasteiger partial charge in [0.15, 0.2) is 0 Å². The highest BCUT2D eigenvalue weighted by Gasteiger charge is 2.08. The molecule has 3 heteroatoms. The summed E-state index contributed by atoms with van der Waals surface area (Å²) in [5, 5.41) is 0. The zero-order valence-corrected chi connectivity index (χ0v) is 11.6. The average molecular weight is 216 g/mol. The van der Waals surface area contributed by atoms with Crippen LogP contribution in [0.4, 0.5) is 0 Å². The van der Waals surface area contributed by atoms with Crippen molar-refractivity contribution in [3.63, 3.8) is 0 Å². The lowest BCUT2D eigenvalue weighted by molar-refractivity contribution is 0.299. The number of nitrogens with zero attached hydrogens (tertiary/aromatic N) is 1. The highest BCUT2D eigenvalue weighted by molar-refractivity contribution is 6.55. The second-order valence-corrected chi connectivity index (χ2v) is 6.90. The van der Waals surface area contributed by atoms with Crippen molar-refractivity contribution in [1.82, 2.24) is 9.88 Å². The number of hydrogen-bond acceptors (Lipinski definition) is 2. The molecule has 0 atom stereocenters. The first kappa shape index (κ1) is 14.1. The first-order chi connectivity index (χ1) is 6.78. The van der Waals surface area contributed by atoms with Crippen LogP contribution in [0.2, 0.25) is 12.1 Å². The Labute approximate surface area is 91.8 Å². The van der Waals surface area contributed by atoms with Crippen molar-refractivity contribution in [2.24, 2.45) is 0 Å². The van der Waals surface area contributed by atoms with Gasteiger partial charge in [-0.1, -0.05) is 40.5 Å². The zero-order valence-electron chi connectivity index (χ0n) is 10.5. The summed E-state index contributed by atoms with van der Waals surface area (Å²) in [6.07, 6.45) is 2.70. The van der Waals surface area contributed by atoms with Gasteiger partial charge in [-0.25, -0.2) is 0 Å². The number of rotatable bonds is 9. The molecule has 0 aromatic heterocycles. The third kappa shape index (κ3) is 6.57. The van der Waals surface area contributed by atoms with Crippen LogP contribution in [0.1, 0.15) is 40.5 Å². The van der Waals surface area contributed by atoms with E-state index in [0.29, 0.717) is 0 Å². The highest BCUT2D eigenvalue weighted by Crippen LogP contribution is 2.02. The lowest BCUT2D eigenvalue weighted by Crippen LogP contribution is -2.42. The molecule has 0 aromatic rings. The van der Waals surface area contributed by atoms with Gasteiger partial charge >= 0.3 is 0 Å². The van der Waals surface area contributed by atoms with Gasteiger partial charge < -0.3 is 4.98 Å². The molecule has 0 aliphatic rings. The lowest BCUT2D eigenvalue weighted by atomic mass is 10.6. The van der Waals surface area contributed by atoms with E-state index in [2.05, 4.69) is 37.6 Å². The summed E-state index contributed by atoms with van der Waals surface area (Å²) in [7, 11) is -0.609. The fourth-order valence-electron chi connectivity index (χ4n) is 1.75. The van der Waals surface area contributed by atoms with Crippen molar-refractivity contribution in [1.29, 1.82) is 0 Å². The topological polar surface area (TPSA) is 15.3 Å². The van der Waals surface area contributed by atoms with E-state index in [1.54, 1.807) is 0 Å². The van der Waals surface area contributed by atoms with E-state index in [9.17, 15) is 0 Å². The molecular formula is C11H28N2Si. The van der Waals surface area contributed by atoms with Crippen LogP contribution >= 0.6 is 0 Å². The normalized spacial score (nSPS) is 11.6. The monoisotopic (exact) mass is 216 g/mol. The first-order valence-corrected chi connectivity index (χ1v) is 8.45. The Hall–Kier alpha value is 0.137. The Bertz CT molecular complexity index is 110. The smallest absolute Gasteiger partial charge is 0.110 e. The van der Waals surface area contributed by atoms with E-state index in [1.807, 2.05) is 0 Å². The van der Waals surface area contributed by atoms with E-state index in [4.69, 9.17) is 0 Å². The fraction of sp³-hybridized carbons (Fsp3) is 1.00. The van der Waals surface area contributed by atoms with Crippen LogP contribution in [0.5, 0.6) is 0 Å². The third-order valence-electron chi connectivity index (χ3n) is 2.77. The molecule has 0 aliphatic heterocycles. The van der Waals surface area contributed by atoms with E-state index in [1.165, 1.54) is 38.0 Å². The second kappa shape index (κ2) is 9.68. The Morgan fingerprint density at radius 2 is 1.43 bits per heavy atom. The number of nitrogens with one attached hydrogen (secondary N) is 1. The maximum Gasteiger partial charge on any atom is 0.110 e. The molecular weight excluding hydrogens is 188 g/mol. The predicted molar refractivity (Wildman–Crippen MR) is 68.3 cm³/mol. The van der Waals surface area contributed by atoms with Gasteiger partial charge in [0.05, 0.1) is 0 Å². The quantitative estimate of drug-likeness (QED) is 0.470. The van der Waals surface area contributed by atoms with Gasteiger partial charge in [-0.2, -0.15) is 0 Å². The largest absolute Gasteiger partial charge is 0.328 e. The molecule has 0 fully saturated rings. The second-order valence-electron chi connectivity index (χ2n) is 3.94. The van der Waals surface area contributed by atoms with Gasteiger partial charge in [0.1, 0.15) is 8.96 Å². The average Bonchev–Trinajstić information content (AvgIpc) is 2.20. The minimum atomic E-state index is -0.609. The molecule has 0 rings (SSSR count). The van der Waals surface area contributed by atoms with Crippen molar-refractivity contribution in [3.05, 3.63) is 0 Å². The van der Waals surface area contributed by atoms with Crippen molar-refractivity contribution < 1.29 is 0 Å². The summed E-state index contributed by atoms with van der Waals surface area (Å²) in [5.74, 6) is 0. The number of hydrogen-bond donors (Lipinski definition) is 1. The molecule has 0 heterocycles. The zero-order chi connectivity index (χ0) is 10.8. The molecule has 86 valence electrons. The molecule has 0 saturated heterocycles. The standard InChI is InChI=1S/C11H28N2Si/c1-5-9-14(10-6-2)12-11-13(7-3)8-4/h12,14H,5-11H2,1-4H3. The van der Waals surface area contributed by atoms with Crippen LogP contribution in [0.25, 0.3) is 0 Å². The summed E-state index contributed by atoms with van der Waals surface area (Å²) in [6, 6.07) is 2.91. The van der Waals surface area contributed by atoms with Gasteiger partial charge in [-0.3, -0.25) is 4.90 Å². The summed E-state index contributed by atoms with van der Waals surface area (Å²) in [4.78, 5) is 6.25. The minimum Gasteiger partial charge on any atom is -0.328 e. The van der Waals surface area contributed by atoms with Crippen molar-refractivity contribution in [3.8, 4) is 0 Å². The maximum absolute atomic E-state index is 3.79. The van der Waals surface area contributed by atoms with Gasteiger partial charge in [0.25, 0.3) is 0 Å². The Kier molecular flexibility index (Phi) is 9.78. The summed E-state index contributed by atoms with van der Waals surface area (Å²) < 4.78 is 0. The van der Waals surface area contributed by atoms with Crippen molar-refractivity contribution in [2.75, 3.05) is 19.8 Å². The van der Waals surface area contributed by atoms with Crippen LogP contribution < -0.4 is 4.98 Å². The molecule has 2 nitrogen and oxygen atoms in total. The summed E-state index contributed by atoms with van der Waals surface area (Å²) in [6.45, 7) is 12.5. The maximum atomic E-state index is 3.79. The molecule has 0 radical (unpaired) electrons. The molecule has 0 unspecified atom stereocenters. The van der Waals surface area contributed by atoms with Gasteiger partial charge in [0, 0.05) is 6.67 Å². The molecule has 0 spiro atoms. The molecule has 0 aliphatic carbocycles.